The van der Waals surface area contributed by atoms with Gasteiger partial charge in [0.1, 0.15) is 168 Å². The molecule has 0 aromatic rings. The molecule has 0 heterocycles. The molecule has 642 valence electrons. The van der Waals surface area contributed by atoms with Crippen molar-refractivity contribution in [3.8, 4) is 0 Å². The largest absolute Gasteiger partial charge is 0.480 e. The van der Waals surface area contributed by atoms with E-state index in [0.717, 1.165) is 0 Å². The predicted octanol–water partition coefficient (Wildman–Crippen LogP) is -3.44. The van der Waals surface area contributed by atoms with Crippen molar-refractivity contribution in [1.82, 2.24) is 122 Å². The number of hydrogen-bond acceptors (Lipinski definition) is 51. The fraction of sp³-hybridized carbons (Fsp3) is 0.982. The normalized spacial score (nSPS) is 13.3. The lowest BCUT2D eigenvalue weighted by Crippen LogP contribution is -2.38. The number of carbonyl (C=O) groups is 1. The number of hydrogen-bond donors (Lipinski definition) is 1. The van der Waals surface area contributed by atoms with Crippen molar-refractivity contribution in [2.45, 2.75) is 26.4 Å². The zero-order valence-electron chi connectivity index (χ0n) is 68.6. The number of nitrogens with zero attached hydrogens (tertiary/aromatic N) is 24. The van der Waals surface area contributed by atoms with Crippen LogP contribution in [0.15, 0.2) is 0 Å². The highest BCUT2D eigenvalue weighted by Crippen LogP contribution is 2.08. The Kier molecular flexibility index (Phi) is 62.3. The van der Waals surface area contributed by atoms with E-state index >= 15 is 0 Å². The molecule has 0 aliphatic heterocycles. The topological polar surface area (TPSA) is 355 Å². The summed E-state index contributed by atoms with van der Waals surface area (Å²) in [6.45, 7) is 8.09. The standard InChI is InChI=1S/C55H134N24O28/c1-55(2,3)107-106-29-28-82-57(5)31-84-59(7)33-86-61(9)35-88-63(11)37-90-65(13)39-92-67(15)41-94-69(17)43-96-71(19)45-98-73(21)47-100-75(23)49-102-77(25)51-104-79(27)53-105-78(26)52-103-76(24)50-101-74(22)48-99-72(20)46-97-70(18)44-95-68(16)42-93-66(14)40-91-64(12)38-89-62(10)36-87-60(8)34-85-58(6)32-83-56(4)30-54(80)81/h28-53H2,1-27H3,(H,80,81). The minimum atomic E-state index is -1.01. The Morgan fingerprint density at radius 3 is 0.421 bits per heavy atom. The SMILES string of the molecule is CN(CON(C)CON(C)CON(C)CON(C)CON(C)CON(C)CON(C)CON(C)CON(C)CON(C)CON(C)CON(C)CON(C)CON(C)CON(C)CON(C)CON(C)CON(C)CON(C)CON(C)CON(C)CON(C)CON(C)CC(=O)O)OCCOOC(C)(C)C. The summed E-state index contributed by atoms with van der Waals surface area (Å²) in [7, 11) is 40.7. The molecule has 0 radical (unpaired) electrons. The van der Waals surface area contributed by atoms with Crippen molar-refractivity contribution >= 4 is 5.97 Å². The minimum Gasteiger partial charge on any atom is -0.480 e. The van der Waals surface area contributed by atoms with E-state index < -0.39 is 11.6 Å². The smallest absolute Gasteiger partial charge is 0.320 e. The van der Waals surface area contributed by atoms with Crippen LogP contribution < -0.4 is 0 Å². The van der Waals surface area contributed by atoms with Gasteiger partial charge in [-0.1, -0.05) is 0 Å². The Labute approximate surface area is 631 Å². The summed E-state index contributed by atoms with van der Waals surface area (Å²) in [5, 5.41) is 44.1. The average Bonchev–Trinajstić information content (AvgIpc) is 1.08. The quantitative estimate of drug-likeness (QED) is 0.0268. The Morgan fingerprint density at radius 2 is 0.308 bits per heavy atom. The van der Waals surface area contributed by atoms with Crippen LogP contribution in [0.5, 0.6) is 0 Å². The summed E-state index contributed by atoms with van der Waals surface area (Å²) in [6.07, 6.45) is 0. The van der Waals surface area contributed by atoms with E-state index in [1.54, 1.807) is 162 Å². The second-order valence-electron chi connectivity index (χ2n) is 24.4. The maximum absolute atomic E-state index is 10.7. The van der Waals surface area contributed by atoms with Crippen LogP contribution in [0.1, 0.15) is 20.8 Å². The third kappa shape index (κ3) is 67.7. The van der Waals surface area contributed by atoms with Crippen molar-refractivity contribution < 1.29 is 136 Å². The molecule has 0 aliphatic rings. The van der Waals surface area contributed by atoms with E-state index in [1.807, 2.05) is 20.8 Å². The van der Waals surface area contributed by atoms with E-state index in [1.165, 1.54) is 129 Å². The van der Waals surface area contributed by atoms with Gasteiger partial charge in [-0.05, 0) is 20.8 Å². The highest BCUT2D eigenvalue weighted by atomic mass is 17.2. The molecule has 0 saturated carbocycles. The first-order valence-electron chi connectivity index (χ1n) is 33.1. The number of likely N-dealkylation sites (N-methyl/N-ethyl adjacent to an activating group) is 1. The van der Waals surface area contributed by atoms with Gasteiger partial charge >= 0.3 is 5.97 Å². The molecule has 0 aromatic heterocycles. The Bertz CT molecular complexity index is 2070. The van der Waals surface area contributed by atoms with Gasteiger partial charge in [-0.3, -0.25) is 121 Å². The summed E-state index contributed by atoms with van der Waals surface area (Å²) in [5.74, 6) is -1.01. The van der Waals surface area contributed by atoms with Crippen molar-refractivity contribution in [3.63, 3.8) is 0 Å². The zero-order valence-corrected chi connectivity index (χ0v) is 68.6. The van der Waals surface area contributed by atoms with Crippen molar-refractivity contribution in [3.05, 3.63) is 0 Å². The van der Waals surface area contributed by atoms with Gasteiger partial charge in [0.15, 0.2) is 0 Å². The van der Waals surface area contributed by atoms with Crippen LogP contribution in [0, 0.1) is 0 Å². The fourth-order valence-electron chi connectivity index (χ4n) is 5.68. The maximum atomic E-state index is 10.7. The molecule has 52 heteroatoms. The van der Waals surface area contributed by atoms with E-state index in [4.69, 9.17) is 131 Å². The van der Waals surface area contributed by atoms with E-state index in [9.17, 15) is 4.79 Å². The molecule has 0 saturated heterocycles. The summed E-state index contributed by atoms with van der Waals surface area (Å²) < 4.78 is 0. The third-order valence-electron chi connectivity index (χ3n) is 11.7. The molecule has 0 unspecified atom stereocenters. The molecule has 52 nitrogen and oxygen atoms in total. The van der Waals surface area contributed by atoms with Crippen LogP contribution in [-0.2, 0) is 131 Å². The first kappa shape index (κ1) is 104. The molecule has 0 aliphatic carbocycles. The lowest BCUT2D eigenvalue weighted by Gasteiger charge is -2.27. The Hall–Kier alpha value is -2.53. The summed E-state index contributed by atoms with van der Waals surface area (Å²) >= 11 is 0. The van der Waals surface area contributed by atoms with Crippen LogP contribution in [-0.4, -0.2) is 482 Å². The second-order valence-corrected chi connectivity index (χ2v) is 24.4. The molecule has 0 amide bonds. The van der Waals surface area contributed by atoms with Crippen LogP contribution in [0.2, 0.25) is 0 Å². The molecule has 107 heavy (non-hydrogen) atoms. The molecular weight excluding hydrogens is 1440 g/mol. The monoisotopic (exact) mass is 1580 g/mol. The van der Waals surface area contributed by atoms with Gasteiger partial charge in [0, 0.05) is 169 Å². The Balaban J connectivity index is 4.06. The first-order chi connectivity index (χ1) is 50.4. The second kappa shape index (κ2) is 63.8. The van der Waals surface area contributed by atoms with E-state index in [2.05, 4.69) is 0 Å². The molecule has 1 N–H and O–H groups in total. The highest BCUT2D eigenvalue weighted by Gasteiger charge is 2.18. The summed E-state index contributed by atoms with van der Waals surface area (Å²) in [4.78, 5) is 156. The van der Waals surface area contributed by atoms with Crippen molar-refractivity contribution in [1.29, 1.82) is 0 Å². The predicted molar refractivity (Wildman–Crippen MR) is 368 cm³/mol. The molecule has 0 atom stereocenters. The fourth-order valence-corrected chi connectivity index (χ4v) is 5.68. The average molecular weight is 1580 g/mol. The van der Waals surface area contributed by atoms with Crippen molar-refractivity contribution in [2.75, 3.05) is 344 Å². The number of aliphatic carboxylic acids is 1. The lowest BCUT2D eigenvalue weighted by atomic mass is 10.2. The van der Waals surface area contributed by atoms with Gasteiger partial charge in [0.05, 0.1) is 12.2 Å². The van der Waals surface area contributed by atoms with Gasteiger partial charge in [0.2, 0.25) is 0 Å². The number of carboxylic acid groups (broad SMARTS) is 1. The van der Waals surface area contributed by atoms with Crippen LogP contribution in [0.25, 0.3) is 0 Å². The third-order valence-corrected chi connectivity index (χ3v) is 11.7. The first-order valence-corrected chi connectivity index (χ1v) is 33.1. The van der Waals surface area contributed by atoms with Crippen LogP contribution in [0.4, 0.5) is 0 Å². The minimum absolute atomic E-state index is 0.0148. The molecule has 0 fully saturated rings. The van der Waals surface area contributed by atoms with Gasteiger partial charge < -0.3 is 5.11 Å². The Morgan fingerprint density at radius 1 is 0.196 bits per heavy atom. The van der Waals surface area contributed by atoms with Gasteiger partial charge in [-0.2, -0.15) is 122 Å². The number of carboxylic acids is 1. The van der Waals surface area contributed by atoms with Gasteiger partial charge in [-0.15, -0.1) is 0 Å². The molecule has 0 aromatic carbocycles. The maximum Gasteiger partial charge on any atom is 0.320 e. The number of hydroxylamine groups is 48. The molecule has 0 bridgehead atoms. The lowest BCUT2D eigenvalue weighted by molar-refractivity contribution is -0.362. The number of rotatable bonds is 76. The molecule has 0 rings (SSSR count). The van der Waals surface area contributed by atoms with Gasteiger partial charge in [0.25, 0.3) is 0 Å². The van der Waals surface area contributed by atoms with E-state index in [-0.39, 0.29) is 168 Å². The van der Waals surface area contributed by atoms with E-state index in [0.29, 0.717) is 6.61 Å². The highest BCUT2D eigenvalue weighted by molar-refractivity contribution is 5.68. The zero-order chi connectivity index (χ0) is 80.7. The summed E-state index contributed by atoms with van der Waals surface area (Å²) in [6, 6.07) is 0. The molecule has 0 spiro atoms. The van der Waals surface area contributed by atoms with Crippen LogP contribution in [0.3, 0.4) is 0 Å². The van der Waals surface area contributed by atoms with Gasteiger partial charge in [-0.25, -0.2) is 9.78 Å². The van der Waals surface area contributed by atoms with Crippen molar-refractivity contribution in [2.24, 2.45) is 0 Å². The summed E-state index contributed by atoms with van der Waals surface area (Å²) in [5.41, 5.74) is -0.391. The van der Waals surface area contributed by atoms with Crippen LogP contribution >= 0.6 is 0 Å². The molecular formula is C55H134N24O28.